The Hall–Kier alpha value is -1.56. The van der Waals surface area contributed by atoms with Crippen molar-refractivity contribution < 1.29 is 4.79 Å². The normalized spacial score (nSPS) is 24.4. The van der Waals surface area contributed by atoms with Crippen molar-refractivity contribution in [1.82, 2.24) is 14.8 Å². The molecule has 0 radical (unpaired) electrons. The summed E-state index contributed by atoms with van der Waals surface area (Å²) in [7, 11) is 0. The molecule has 2 bridgehead atoms. The van der Waals surface area contributed by atoms with E-state index in [0.29, 0.717) is 6.04 Å². The van der Waals surface area contributed by atoms with E-state index < -0.39 is 0 Å². The number of hydrogen-bond donors (Lipinski definition) is 0. The number of ketones is 1. The van der Waals surface area contributed by atoms with Crippen molar-refractivity contribution in [3.63, 3.8) is 0 Å². The highest BCUT2D eigenvalue weighted by molar-refractivity contribution is 7.12. The fraction of sp³-hybridized carbons (Fsp3) is 0.500. The van der Waals surface area contributed by atoms with Crippen LogP contribution in [0.25, 0.3) is 0 Å². The molecule has 0 aliphatic carbocycles. The predicted octanol–water partition coefficient (Wildman–Crippen LogP) is 3.44. The lowest BCUT2D eigenvalue weighted by molar-refractivity contribution is 0.102. The van der Waals surface area contributed by atoms with Gasteiger partial charge < -0.3 is 0 Å². The van der Waals surface area contributed by atoms with Gasteiger partial charge in [0.1, 0.15) is 0 Å². The molecular formula is C20H25N3OS. The first-order valence-electron chi connectivity index (χ1n) is 9.12. The van der Waals surface area contributed by atoms with Crippen LogP contribution in [0.1, 0.15) is 40.7 Å². The summed E-state index contributed by atoms with van der Waals surface area (Å²) in [5.41, 5.74) is 2.46. The van der Waals surface area contributed by atoms with Gasteiger partial charge in [-0.3, -0.25) is 19.6 Å². The van der Waals surface area contributed by atoms with Gasteiger partial charge in [0.05, 0.1) is 10.6 Å². The summed E-state index contributed by atoms with van der Waals surface area (Å²) in [6.07, 6.45) is 4.51. The molecule has 5 heterocycles. The largest absolute Gasteiger partial charge is 0.296 e. The minimum absolute atomic E-state index is 0.176. The van der Waals surface area contributed by atoms with Gasteiger partial charge in [-0.2, -0.15) is 0 Å². The summed E-state index contributed by atoms with van der Waals surface area (Å²) in [4.78, 5) is 22.1. The molecule has 0 amide bonds. The molecule has 5 heteroatoms. The van der Waals surface area contributed by atoms with Gasteiger partial charge in [-0.25, -0.2) is 0 Å². The Bertz CT molecular complexity index is 730. The summed E-state index contributed by atoms with van der Waals surface area (Å²) >= 11 is 1.58. The minimum atomic E-state index is 0.176. The third-order valence-electron chi connectivity index (χ3n) is 5.40. The number of thiophene rings is 1. The molecule has 2 aromatic heterocycles. The zero-order valence-corrected chi connectivity index (χ0v) is 15.5. The molecule has 0 spiro atoms. The number of fused-ring (bicyclic) bond motifs is 4. The molecule has 0 unspecified atom stereocenters. The number of Topliss-reactive ketones (excluding diaryl/α,β-unsaturated/α-hetero) is 1. The van der Waals surface area contributed by atoms with Gasteiger partial charge in [-0.15, -0.1) is 11.3 Å². The second-order valence-corrected chi connectivity index (χ2v) is 8.33. The molecule has 25 heavy (non-hydrogen) atoms. The molecule has 132 valence electrons. The van der Waals surface area contributed by atoms with Crippen LogP contribution in [-0.2, 0) is 13.1 Å². The maximum absolute atomic E-state index is 11.5. The minimum Gasteiger partial charge on any atom is -0.296 e. The summed E-state index contributed by atoms with van der Waals surface area (Å²) in [5.74, 6) is 0.920. The average Bonchev–Trinajstić information content (AvgIpc) is 2.91. The highest BCUT2D eigenvalue weighted by atomic mass is 32.1. The Morgan fingerprint density at radius 3 is 2.92 bits per heavy atom. The van der Waals surface area contributed by atoms with Crippen molar-refractivity contribution in [3.05, 3.63) is 52.0 Å². The third kappa shape index (κ3) is 4.00. The van der Waals surface area contributed by atoms with E-state index in [1.807, 2.05) is 12.3 Å². The van der Waals surface area contributed by atoms with Gasteiger partial charge in [0.25, 0.3) is 0 Å². The molecule has 0 saturated carbocycles. The van der Waals surface area contributed by atoms with Crippen LogP contribution in [0, 0.1) is 5.92 Å². The maximum Gasteiger partial charge on any atom is 0.169 e. The molecule has 2 aromatic rings. The SMILES string of the molecule is CC(=O)c1cc(CN2C[C@H]3CC[C@@H]2CN(Cc2ccccn2)C3)cs1. The number of piperidine rings is 1. The highest BCUT2D eigenvalue weighted by Gasteiger charge is 2.34. The molecule has 3 aliphatic heterocycles. The van der Waals surface area contributed by atoms with E-state index in [-0.39, 0.29) is 5.78 Å². The Morgan fingerprint density at radius 1 is 1.24 bits per heavy atom. The smallest absolute Gasteiger partial charge is 0.169 e. The van der Waals surface area contributed by atoms with Gasteiger partial charge in [-0.05, 0) is 54.8 Å². The Balaban J connectivity index is 1.43. The summed E-state index contributed by atoms with van der Waals surface area (Å²) < 4.78 is 0. The number of nitrogens with zero attached hydrogens (tertiary/aromatic N) is 3. The summed E-state index contributed by atoms with van der Waals surface area (Å²) in [6, 6.07) is 8.87. The lowest BCUT2D eigenvalue weighted by Gasteiger charge is -2.36. The Morgan fingerprint density at radius 2 is 2.16 bits per heavy atom. The second-order valence-electron chi connectivity index (χ2n) is 7.42. The molecule has 2 atom stereocenters. The summed E-state index contributed by atoms with van der Waals surface area (Å²) in [6.45, 7) is 7.05. The number of pyridine rings is 1. The highest BCUT2D eigenvalue weighted by Crippen LogP contribution is 2.30. The fourth-order valence-electron chi connectivity index (χ4n) is 4.20. The number of hydrogen-bond acceptors (Lipinski definition) is 5. The van der Waals surface area contributed by atoms with E-state index >= 15 is 0 Å². The van der Waals surface area contributed by atoms with E-state index in [2.05, 4.69) is 38.4 Å². The quantitative estimate of drug-likeness (QED) is 0.770. The van der Waals surface area contributed by atoms with Crippen molar-refractivity contribution in [3.8, 4) is 0 Å². The van der Waals surface area contributed by atoms with Gasteiger partial charge in [0, 0.05) is 45.0 Å². The fourth-order valence-corrected chi connectivity index (χ4v) is 5.00. The van der Waals surface area contributed by atoms with Crippen LogP contribution in [0.4, 0.5) is 0 Å². The van der Waals surface area contributed by atoms with Gasteiger partial charge in [-0.1, -0.05) is 6.07 Å². The van der Waals surface area contributed by atoms with Crippen LogP contribution in [-0.4, -0.2) is 46.2 Å². The number of aromatic nitrogens is 1. The van der Waals surface area contributed by atoms with Crippen molar-refractivity contribution >= 4 is 17.1 Å². The van der Waals surface area contributed by atoms with E-state index in [0.717, 1.165) is 30.4 Å². The van der Waals surface area contributed by atoms with Crippen molar-refractivity contribution in [2.24, 2.45) is 5.92 Å². The first kappa shape index (κ1) is 16.9. The number of rotatable bonds is 5. The molecule has 5 rings (SSSR count). The first-order chi connectivity index (χ1) is 12.2. The summed E-state index contributed by atoms with van der Waals surface area (Å²) in [5, 5.41) is 2.15. The van der Waals surface area contributed by atoms with E-state index in [9.17, 15) is 4.79 Å². The lowest BCUT2D eigenvalue weighted by Crippen LogP contribution is -2.43. The molecular weight excluding hydrogens is 330 g/mol. The van der Waals surface area contributed by atoms with Crippen LogP contribution in [0.5, 0.6) is 0 Å². The van der Waals surface area contributed by atoms with Crippen LogP contribution in [0.3, 0.4) is 0 Å². The van der Waals surface area contributed by atoms with E-state index in [4.69, 9.17) is 0 Å². The van der Waals surface area contributed by atoms with Gasteiger partial charge in [0.15, 0.2) is 5.78 Å². The number of carbonyl (C=O) groups excluding carboxylic acids is 1. The van der Waals surface area contributed by atoms with Gasteiger partial charge in [0.2, 0.25) is 0 Å². The van der Waals surface area contributed by atoms with E-state index in [1.165, 1.54) is 37.2 Å². The molecule has 0 aromatic carbocycles. The Labute approximate surface area is 153 Å². The third-order valence-corrected chi connectivity index (χ3v) is 6.48. The molecule has 3 saturated heterocycles. The van der Waals surface area contributed by atoms with Crippen molar-refractivity contribution in [1.29, 1.82) is 0 Å². The average molecular weight is 356 g/mol. The molecule has 0 N–H and O–H groups in total. The zero-order chi connectivity index (χ0) is 17.2. The van der Waals surface area contributed by atoms with Crippen molar-refractivity contribution in [2.45, 2.75) is 38.9 Å². The van der Waals surface area contributed by atoms with Crippen LogP contribution in [0.15, 0.2) is 35.8 Å². The van der Waals surface area contributed by atoms with Crippen molar-refractivity contribution in [2.75, 3.05) is 19.6 Å². The van der Waals surface area contributed by atoms with Crippen LogP contribution >= 0.6 is 11.3 Å². The molecule has 3 fully saturated rings. The van der Waals surface area contributed by atoms with Crippen LogP contribution < -0.4 is 0 Å². The Kier molecular flexibility index (Phi) is 4.97. The van der Waals surface area contributed by atoms with Gasteiger partial charge >= 0.3 is 0 Å². The van der Waals surface area contributed by atoms with Crippen LogP contribution in [0.2, 0.25) is 0 Å². The zero-order valence-electron chi connectivity index (χ0n) is 14.7. The molecule has 4 nitrogen and oxygen atoms in total. The maximum atomic E-state index is 11.5. The first-order valence-corrected chi connectivity index (χ1v) is 10.00. The predicted molar refractivity (Wildman–Crippen MR) is 101 cm³/mol. The monoisotopic (exact) mass is 355 g/mol. The topological polar surface area (TPSA) is 36.4 Å². The molecule has 3 aliphatic rings. The van der Waals surface area contributed by atoms with E-state index in [1.54, 1.807) is 18.3 Å². The lowest BCUT2D eigenvalue weighted by atomic mass is 9.94. The standard InChI is InChI=1S/C20H25N3OS/c1-15(24)20-8-17(14-25-20)11-23-10-16-5-6-19(23)13-22(9-16)12-18-4-2-3-7-21-18/h2-4,7-8,14,16,19H,5-6,9-13H2,1H3/t16-,19+/m0/s1. The number of carbonyl (C=O) groups is 1. The second kappa shape index (κ2) is 7.36.